The quantitative estimate of drug-likeness (QED) is 0.272. The van der Waals surface area contributed by atoms with Crippen molar-refractivity contribution in [2.75, 3.05) is 41.7 Å². The molecule has 13 heteroatoms. The van der Waals surface area contributed by atoms with E-state index in [1.165, 1.54) is 6.07 Å². The van der Waals surface area contributed by atoms with Crippen LogP contribution in [0, 0.1) is 6.92 Å². The van der Waals surface area contributed by atoms with E-state index in [0.29, 0.717) is 35.6 Å². The van der Waals surface area contributed by atoms with Crippen molar-refractivity contribution < 1.29 is 22.8 Å². The number of nitrogens with two attached hydrogens (primary N) is 1. The lowest BCUT2D eigenvalue weighted by molar-refractivity contribution is -0.137. The van der Waals surface area contributed by atoms with Gasteiger partial charge in [-0.05, 0) is 66.9 Å². The first-order valence-corrected chi connectivity index (χ1v) is 13.8. The second-order valence-electron chi connectivity index (χ2n) is 10.5. The molecule has 2 aromatic carbocycles. The average molecular weight is 591 g/mol. The van der Waals surface area contributed by atoms with E-state index in [4.69, 9.17) is 10.8 Å². The summed E-state index contributed by atoms with van der Waals surface area (Å²) in [5.41, 5.74) is 10.0. The number of hydrogen-bond donors (Lipinski definition) is 4. The zero-order valence-electron chi connectivity index (χ0n) is 23.3. The van der Waals surface area contributed by atoms with Gasteiger partial charge in [-0.15, -0.1) is 0 Å². The van der Waals surface area contributed by atoms with E-state index in [0.717, 1.165) is 61.4 Å². The fraction of sp³-hybridized carbons (Fsp3) is 0.267. The van der Waals surface area contributed by atoms with Gasteiger partial charge in [-0.25, -0.2) is 9.67 Å². The summed E-state index contributed by atoms with van der Waals surface area (Å²) < 4.78 is 40.9. The van der Waals surface area contributed by atoms with Gasteiger partial charge in [0.2, 0.25) is 0 Å². The predicted octanol–water partition coefficient (Wildman–Crippen LogP) is 4.33. The maximum Gasteiger partial charge on any atom is 0.416 e. The zero-order valence-corrected chi connectivity index (χ0v) is 23.3. The van der Waals surface area contributed by atoms with Crippen LogP contribution in [-0.2, 0) is 19.1 Å². The number of aryl methyl sites for hydroxylation is 3. The van der Waals surface area contributed by atoms with Crippen molar-refractivity contribution in [3.05, 3.63) is 82.5 Å². The van der Waals surface area contributed by atoms with Crippen LogP contribution in [0.4, 0.5) is 36.2 Å². The van der Waals surface area contributed by atoms with Crippen LogP contribution >= 0.6 is 0 Å². The number of halogens is 3. The van der Waals surface area contributed by atoms with E-state index >= 15 is 0 Å². The summed E-state index contributed by atoms with van der Waals surface area (Å²) in [5, 5.41) is 13.9. The fourth-order valence-corrected chi connectivity index (χ4v) is 5.49. The standard InChI is InChI=1S/C30H29F3N8O2/c1-17-14-19(2-4-22(17)29(43)38-24-16-20(6-8-36-24)30(31,32)33)26-25(27(34)42)28-37-23-5-3-21(40-12-9-35-10-13-40)15-18(23)7-11-41(28)39-26/h2-6,8,14-16,35,37H,7,9-13H2,1H3,(H2,34,42)(H,36,38,43). The second-order valence-corrected chi connectivity index (χ2v) is 10.5. The molecule has 1 fully saturated rings. The molecular formula is C30H29F3N8O2. The molecular weight excluding hydrogens is 561 g/mol. The molecule has 43 heavy (non-hydrogen) atoms. The Morgan fingerprint density at radius 3 is 2.53 bits per heavy atom. The molecule has 0 atom stereocenters. The van der Waals surface area contributed by atoms with Crippen LogP contribution in [0.25, 0.3) is 11.3 Å². The molecule has 2 amide bonds. The van der Waals surface area contributed by atoms with Crippen LogP contribution in [0.1, 0.15) is 37.4 Å². The van der Waals surface area contributed by atoms with Gasteiger partial charge in [-0.3, -0.25) is 9.59 Å². The maximum atomic E-state index is 13.1. The number of fused-ring (bicyclic) bond motifs is 2. The number of alkyl halides is 3. The lowest BCUT2D eigenvalue weighted by Gasteiger charge is -2.30. The number of carbonyl (C=O) groups is 2. The Morgan fingerprint density at radius 2 is 1.81 bits per heavy atom. The van der Waals surface area contributed by atoms with Crippen LogP contribution in [0.5, 0.6) is 0 Å². The molecule has 6 rings (SSSR count). The molecule has 2 aliphatic rings. The topological polar surface area (TPSA) is 130 Å². The summed E-state index contributed by atoms with van der Waals surface area (Å²) in [6.45, 7) is 5.95. The molecule has 1 saturated heterocycles. The molecule has 0 unspecified atom stereocenters. The van der Waals surface area contributed by atoms with Gasteiger partial charge in [-0.1, -0.05) is 6.07 Å². The Morgan fingerprint density at radius 1 is 1.02 bits per heavy atom. The molecule has 222 valence electrons. The highest BCUT2D eigenvalue weighted by Crippen LogP contribution is 2.36. The molecule has 2 aromatic heterocycles. The molecule has 0 bridgehead atoms. The molecule has 4 aromatic rings. The van der Waals surface area contributed by atoms with Crippen molar-refractivity contribution >= 4 is 34.8 Å². The summed E-state index contributed by atoms with van der Waals surface area (Å²) in [7, 11) is 0. The van der Waals surface area contributed by atoms with E-state index in [1.54, 1.807) is 23.7 Å². The maximum absolute atomic E-state index is 13.1. The average Bonchev–Trinajstić information content (AvgIpc) is 3.25. The van der Waals surface area contributed by atoms with E-state index in [9.17, 15) is 22.8 Å². The third kappa shape index (κ3) is 5.63. The first-order chi connectivity index (χ1) is 20.6. The Kier molecular flexibility index (Phi) is 7.26. The van der Waals surface area contributed by atoms with Gasteiger partial charge < -0.3 is 26.6 Å². The Labute approximate surface area is 245 Å². The number of pyridine rings is 1. The Hall–Kier alpha value is -4.91. The van der Waals surface area contributed by atoms with E-state index in [1.807, 2.05) is 6.07 Å². The number of anilines is 4. The van der Waals surface area contributed by atoms with Crippen LogP contribution in [0.2, 0.25) is 0 Å². The van der Waals surface area contributed by atoms with Crippen molar-refractivity contribution in [1.82, 2.24) is 20.1 Å². The smallest absolute Gasteiger partial charge is 0.369 e. The summed E-state index contributed by atoms with van der Waals surface area (Å²) >= 11 is 0. The van der Waals surface area contributed by atoms with Crippen LogP contribution in [-0.4, -0.2) is 52.8 Å². The first-order valence-electron chi connectivity index (χ1n) is 13.8. The summed E-state index contributed by atoms with van der Waals surface area (Å²) in [4.78, 5) is 31.8. The van der Waals surface area contributed by atoms with Crippen LogP contribution in [0.3, 0.4) is 0 Å². The van der Waals surface area contributed by atoms with Gasteiger partial charge in [0.1, 0.15) is 22.9 Å². The van der Waals surface area contributed by atoms with Gasteiger partial charge in [0.15, 0.2) is 0 Å². The van der Waals surface area contributed by atoms with Crippen LogP contribution < -0.4 is 26.6 Å². The van der Waals surface area contributed by atoms with E-state index in [2.05, 4.69) is 38.0 Å². The summed E-state index contributed by atoms with van der Waals surface area (Å²) in [6, 6.07) is 12.7. The van der Waals surface area contributed by atoms with E-state index < -0.39 is 23.6 Å². The van der Waals surface area contributed by atoms with Crippen LogP contribution in [0.15, 0.2) is 54.7 Å². The number of benzene rings is 2. The number of hydrogen-bond acceptors (Lipinski definition) is 7. The number of nitrogens with zero attached hydrogens (tertiary/aromatic N) is 4. The summed E-state index contributed by atoms with van der Waals surface area (Å²) in [6.07, 6.45) is -2.89. The summed E-state index contributed by atoms with van der Waals surface area (Å²) in [5.74, 6) is -1.00. The number of rotatable bonds is 5. The highest BCUT2D eigenvalue weighted by molar-refractivity contribution is 6.06. The number of nitrogens with one attached hydrogen (secondary N) is 3. The molecule has 0 spiro atoms. The Bertz CT molecular complexity index is 1730. The second kappa shape index (κ2) is 11.1. The van der Waals surface area contributed by atoms with Crippen molar-refractivity contribution in [3.8, 4) is 11.3 Å². The number of primary amides is 1. The molecule has 2 aliphatic heterocycles. The third-order valence-electron chi connectivity index (χ3n) is 7.69. The molecule has 10 nitrogen and oxygen atoms in total. The highest BCUT2D eigenvalue weighted by atomic mass is 19.4. The third-order valence-corrected chi connectivity index (χ3v) is 7.69. The lowest BCUT2D eigenvalue weighted by atomic mass is 10.00. The zero-order chi connectivity index (χ0) is 30.3. The van der Waals surface area contributed by atoms with Crippen molar-refractivity contribution in [2.24, 2.45) is 5.73 Å². The van der Waals surface area contributed by atoms with Gasteiger partial charge in [0, 0.05) is 61.4 Å². The van der Waals surface area contributed by atoms with Crippen molar-refractivity contribution in [1.29, 1.82) is 0 Å². The minimum Gasteiger partial charge on any atom is -0.369 e. The number of aromatic nitrogens is 3. The van der Waals surface area contributed by atoms with Gasteiger partial charge in [0.25, 0.3) is 11.8 Å². The van der Waals surface area contributed by atoms with Crippen molar-refractivity contribution in [2.45, 2.75) is 26.1 Å². The molecule has 5 N–H and O–H groups in total. The van der Waals surface area contributed by atoms with Gasteiger partial charge >= 0.3 is 6.18 Å². The van der Waals surface area contributed by atoms with E-state index in [-0.39, 0.29) is 16.9 Å². The minimum atomic E-state index is -4.56. The van der Waals surface area contributed by atoms with Gasteiger partial charge in [0.05, 0.1) is 5.56 Å². The Balaban J connectivity index is 1.27. The SMILES string of the molecule is Cc1cc(-c2nn3c(c2C(N)=O)Nc2ccc(N4CCNCC4)cc2CC3)ccc1C(=O)Nc1cc(C(F)(F)F)ccn1. The fourth-order valence-electron chi connectivity index (χ4n) is 5.49. The number of carbonyl (C=O) groups excluding carboxylic acids is 2. The molecule has 4 heterocycles. The lowest BCUT2D eigenvalue weighted by Crippen LogP contribution is -2.43. The number of piperazine rings is 1. The monoisotopic (exact) mass is 590 g/mol. The number of amides is 2. The molecule has 0 saturated carbocycles. The highest BCUT2D eigenvalue weighted by Gasteiger charge is 2.31. The minimum absolute atomic E-state index is 0.219. The largest absolute Gasteiger partial charge is 0.416 e. The first kappa shape index (κ1) is 28.2. The predicted molar refractivity (Wildman–Crippen MR) is 157 cm³/mol. The van der Waals surface area contributed by atoms with Gasteiger partial charge in [-0.2, -0.15) is 18.3 Å². The normalized spacial score (nSPS) is 14.7. The molecule has 0 radical (unpaired) electrons. The molecule has 0 aliphatic carbocycles. The van der Waals surface area contributed by atoms with Crippen molar-refractivity contribution in [3.63, 3.8) is 0 Å².